The number of carbonyl (C=O) groups excluding carboxylic acids is 3. The molecule has 1 fully saturated rings. The largest absolute Gasteiger partial charge is 0.466 e. The summed E-state index contributed by atoms with van der Waals surface area (Å²) in [5.74, 6) is -0.694. The van der Waals surface area contributed by atoms with E-state index in [9.17, 15) is 14.4 Å². The third-order valence-corrected chi connectivity index (χ3v) is 4.90. The van der Waals surface area contributed by atoms with E-state index in [1.165, 1.54) is 0 Å². The molecule has 0 atom stereocenters. The molecule has 0 saturated carbocycles. The molecule has 154 valence electrons. The van der Waals surface area contributed by atoms with E-state index < -0.39 is 16.9 Å². The molecule has 0 radical (unpaired) electrons. The number of hydrogen-bond acceptors (Lipinski definition) is 5. The molecule has 0 aromatic heterocycles. The minimum Gasteiger partial charge on any atom is -0.466 e. The van der Waals surface area contributed by atoms with Crippen molar-refractivity contribution in [3.8, 4) is 0 Å². The second-order valence-electron chi connectivity index (χ2n) is 8.09. The van der Waals surface area contributed by atoms with Crippen molar-refractivity contribution in [2.45, 2.75) is 58.0 Å². The Morgan fingerprint density at radius 1 is 1.11 bits per heavy atom. The maximum Gasteiger partial charge on any atom is 0.410 e. The van der Waals surface area contributed by atoms with Gasteiger partial charge in [-0.2, -0.15) is 0 Å². The lowest BCUT2D eigenvalue weighted by Crippen LogP contribution is -2.52. The summed E-state index contributed by atoms with van der Waals surface area (Å²) < 4.78 is 10.4. The minimum atomic E-state index is -0.832. The van der Waals surface area contributed by atoms with Crippen molar-refractivity contribution in [3.63, 3.8) is 0 Å². The fourth-order valence-corrected chi connectivity index (χ4v) is 3.40. The van der Waals surface area contributed by atoms with Gasteiger partial charge in [-0.15, -0.1) is 0 Å². The highest BCUT2D eigenvalue weighted by Gasteiger charge is 2.43. The number of benzene rings is 1. The lowest BCUT2D eigenvalue weighted by atomic mass is 9.72. The Bertz CT molecular complexity index is 713. The highest BCUT2D eigenvalue weighted by molar-refractivity contribution is 5.87. The zero-order valence-electron chi connectivity index (χ0n) is 17.1. The van der Waals surface area contributed by atoms with Gasteiger partial charge in [-0.1, -0.05) is 24.3 Å². The number of hydrogen-bond donors (Lipinski definition) is 1. The van der Waals surface area contributed by atoms with Crippen molar-refractivity contribution in [2.75, 3.05) is 19.7 Å². The van der Waals surface area contributed by atoms with Gasteiger partial charge >= 0.3 is 12.1 Å². The third-order valence-electron chi connectivity index (χ3n) is 4.90. The van der Waals surface area contributed by atoms with Crippen LogP contribution in [0.5, 0.6) is 0 Å². The van der Waals surface area contributed by atoms with E-state index in [1.807, 2.05) is 45.0 Å². The fraction of sp³-hybridized carbons (Fsp3) is 0.571. The molecule has 0 bridgehead atoms. The zero-order chi connectivity index (χ0) is 20.9. The van der Waals surface area contributed by atoms with E-state index in [0.717, 1.165) is 11.1 Å². The molecule has 7 nitrogen and oxygen atoms in total. The van der Waals surface area contributed by atoms with Gasteiger partial charge in [-0.05, 0) is 51.7 Å². The molecule has 1 aromatic carbocycles. The van der Waals surface area contributed by atoms with E-state index in [4.69, 9.17) is 15.2 Å². The van der Waals surface area contributed by atoms with E-state index in [2.05, 4.69) is 0 Å². The molecule has 2 N–H and O–H groups in total. The fourth-order valence-electron chi connectivity index (χ4n) is 3.40. The number of primary amides is 1. The average Bonchev–Trinajstić information content (AvgIpc) is 2.61. The van der Waals surface area contributed by atoms with Crippen LogP contribution >= 0.6 is 0 Å². The number of ether oxygens (including phenoxy) is 2. The van der Waals surface area contributed by atoms with Gasteiger partial charge in [0.25, 0.3) is 0 Å². The number of nitrogens with zero attached hydrogens (tertiary/aromatic N) is 1. The standard InChI is InChI=1S/C21H30N2O5/c1-5-27-17(24)14-15-6-8-16(9-7-15)21(18(22)25)10-12-23(13-11-21)19(26)28-20(2,3)4/h6-9H,5,10-14H2,1-4H3,(H2,22,25). The number of amides is 2. The normalized spacial score (nSPS) is 16.4. The number of nitrogens with two attached hydrogens (primary N) is 1. The molecule has 1 aromatic rings. The number of carbonyl (C=O) groups is 3. The summed E-state index contributed by atoms with van der Waals surface area (Å²) in [6.45, 7) is 8.35. The van der Waals surface area contributed by atoms with Gasteiger partial charge in [-0.3, -0.25) is 9.59 Å². The Balaban J connectivity index is 2.10. The van der Waals surface area contributed by atoms with E-state index in [1.54, 1.807) is 11.8 Å². The van der Waals surface area contributed by atoms with Crippen molar-refractivity contribution >= 4 is 18.0 Å². The molecule has 1 aliphatic heterocycles. The molecular weight excluding hydrogens is 360 g/mol. The lowest BCUT2D eigenvalue weighted by Gasteiger charge is -2.40. The number of esters is 1. The van der Waals surface area contributed by atoms with E-state index >= 15 is 0 Å². The van der Waals surface area contributed by atoms with Crippen LogP contribution < -0.4 is 5.73 Å². The summed E-state index contributed by atoms with van der Waals surface area (Å²) in [5.41, 5.74) is 5.99. The first-order valence-corrected chi connectivity index (χ1v) is 9.60. The van der Waals surface area contributed by atoms with Crippen LogP contribution in [0.15, 0.2) is 24.3 Å². The number of likely N-dealkylation sites (tertiary alicyclic amines) is 1. The summed E-state index contributed by atoms with van der Waals surface area (Å²) in [5, 5.41) is 0. The number of rotatable bonds is 5. The van der Waals surface area contributed by atoms with Crippen LogP contribution in [0.4, 0.5) is 4.79 Å². The van der Waals surface area contributed by atoms with Crippen molar-refractivity contribution in [1.82, 2.24) is 4.90 Å². The SMILES string of the molecule is CCOC(=O)Cc1ccc(C2(C(N)=O)CCN(C(=O)OC(C)(C)C)CC2)cc1. The second-order valence-corrected chi connectivity index (χ2v) is 8.09. The zero-order valence-corrected chi connectivity index (χ0v) is 17.1. The van der Waals surface area contributed by atoms with Gasteiger partial charge in [0.2, 0.25) is 5.91 Å². The maximum absolute atomic E-state index is 12.3. The number of piperidine rings is 1. The average molecular weight is 390 g/mol. The second kappa shape index (κ2) is 8.63. The summed E-state index contributed by atoms with van der Waals surface area (Å²) in [4.78, 5) is 37.9. The Hall–Kier alpha value is -2.57. The van der Waals surface area contributed by atoms with Gasteiger partial charge < -0.3 is 20.1 Å². The monoisotopic (exact) mass is 390 g/mol. The Kier molecular flexibility index (Phi) is 6.69. The van der Waals surface area contributed by atoms with Crippen LogP contribution in [0.3, 0.4) is 0 Å². The quantitative estimate of drug-likeness (QED) is 0.779. The molecule has 1 aliphatic rings. The Morgan fingerprint density at radius 3 is 2.14 bits per heavy atom. The molecule has 2 amide bonds. The molecular formula is C21H30N2O5. The molecule has 0 unspecified atom stereocenters. The van der Waals surface area contributed by atoms with Gasteiger partial charge in [0.05, 0.1) is 18.4 Å². The summed E-state index contributed by atoms with van der Waals surface area (Å²) in [7, 11) is 0. The van der Waals surface area contributed by atoms with Crippen LogP contribution in [-0.2, 0) is 30.9 Å². The van der Waals surface area contributed by atoms with E-state index in [-0.39, 0.29) is 18.5 Å². The molecule has 0 spiro atoms. The van der Waals surface area contributed by atoms with Gasteiger partial charge in [-0.25, -0.2) is 4.79 Å². The first-order valence-electron chi connectivity index (χ1n) is 9.60. The predicted molar refractivity (Wildman–Crippen MR) is 105 cm³/mol. The van der Waals surface area contributed by atoms with Crippen LogP contribution in [0, 0.1) is 0 Å². The van der Waals surface area contributed by atoms with Crippen molar-refractivity contribution in [2.24, 2.45) is 5.73 Å². The van der Waals surface area contributed by atoms with Crippen molar-refractivity contribution < 1.29 is 23.9 Å². The van der Waals surface area contributed by atoms with Crippen LogP contribution in [0.1, 0.15) is 51.7 Å². The van der Waals surface area contributed by atoms with Gasteiger partial charge in [0.1, 0.15) is 5.60 Å². The lowest BCUT2D eigenvalue weighted by molar-refractivity contribution is -0.142. The molecule has 7 heteroatoms. The van der Waals surface area contributed by atoms with Crippen LogP contribution in [0.2, 0.25) is 0 Å². The van der Waals surface area contributed by atoms with Gasteiger partial charge in [0, 0.05) is 13.1 Å². The predicted octanol–water partition coefficient (Wildman–Crippen LogP) is 2.55. The van der Waals surface area contributed by atoms with Crippen LogP contribution in [0.25, 0.3) is 0 Å². The maximum atomic E-state index is 12.3. The topological polar surface area (TPSA) is 98.9 Å². The first kappa shape index (κ1) is 21.7. The smallest absolute Gasteiger partial charge is 0.410 e. The molecule has 1 heterocycles. The summed E-state index contributed by atoms with van der Waals surface area (Å²) >= 11 is 0. The highest BCUT2D eigenvalue weighted by atomic mass is 16.6. The molecule has 0 aliphatic carbocycles. The molecule has 2 rings (SSSR count). The minimum absolute atomic E-state index is 0.185. The summed E-state index contributed by atoms with van der Waals surface area (Å²) in [6.07, 6.45) is 0.664. The Labute approximate surface area is 166 Å². The molecule has 28 heavy (non-hydrogen) atoms. The third kappa shape index (κ3) is 5.24. The molecule has 1 saturated heterocycles. The highest BCUT2D eigenvalue weighted by Crippen LogP contribution is 2.36. The first-order chi connectivity index (χ1) is 13.1. The Morgan fingerprint density at radius 2 is 1.68 bits per heavy atom. The van der Waals surface area contributed by atoms with E-state index in [0.29, 0.717) is 32.5 Å². The van der Waals surface area contributed by atoms with Crippen LogP contribution in [-0.4, -0.2) is 48.2 Å². The summed E-state index contributed by atoms with van der Waals surface area (Å²) in [6, 6.07) is 7.30. The van der Waals surface area contributed by atoms with Crippen molar-refractivity contribution in [3.05, 3.63) is 35.4 Å². The van der Waals surface area contributed by atoms with Crippen molar-refractivity contribution in [1.29, 1.82) is 0 Å². The van der Waals surface area contributed by atoms with Gasteiger partial charge in [0.15, 0.2) is 0 Å².